The summed E-state index contributed by atoms with van der Waals surface area (Å²) in [5, 5.41) is 10.9. The molecule has 0 unspecified atom stereocenters. The summed E-state index contributed by atoms with van der Waals surface area (Å²) < 4.78 is 53.7. The van der Waals surface area contributed by atoms with Crippen molar-refractivity contribution in [1.82, 2.24) is 24.3 Å². The SMILES string of the molecule is C[C@]1(CN2CCC(N3CCN(C(=O)OCc4ccc(OC(F)(F)F)cc4)CC3)CC2)Cn2cc([N+](=O)[O-])nc2O1. The molecule has 4 heterocycles. The molecule has 0 radical (unpaired) electrons. The van der Waals surface area contributed by atoms with E-state index in [1.807, 2.05) is 6.92 Å². The first kappa shape index (κ1) is 28.0. The molecule has 3 aliphatic heterocycles. The Morgan fingerprint density at radius 3 is 2.42 bits per heavy atom. The number of carbonyl (C=O) groups excluding carboxylic acids is 1. The highest BCUT2D eigenvalue weighted by Gasteiger charge is 2.42. The molecular weight excluding hydrogens is 537 g/mol. The average Bonchev–Trinajstić information content (AvgIpc) is 3.43. The smallest absolute Gasteiger partial charge is 0.445 e. The second-order valence-corrected chi connectivity index (χ2v) is 10.6. The molecule has 0 bridgehead atoms. The molecule has 12 nitrogen and oxygen atoms in total. The van der Waals surface area contributed by atoms with E-state index >= 15 is 0 Å². The third-order valence-corrected chi connectivity index (χ3v) is 7.48. The Bertz CT molecular complexity index is 1180. The number of fused-ring (bicyclic) bond motifs is 1. The van der Waals surface area contributed by atoms with Gasteiger partial charge in [0.1, 0.15) is 24.2 Å². The minimum absolute atomic E-state index is 0.0370. The summed E-state index contributed by atoms with van der Waals surface area (Å²) in [7, 11) is 0. The number of halogens is 3. The first-order valence-corrected chi connectivity index (χ1v) is 13.1. The van der Waals surface area contributed by atoms with Crippen molar-refractivity contribution in [2.45, 2.75) is 50.9 Å². The van der Waals surface area contributed by atoms with Crippen molar-refractivity contribution in [2.75, 3.05) is 45.8 Å². The first-order valence-electron chi connectivity index (χ1n) is 13.1. The van der Waals surface area contributed by atoms with Gasteiger partial charge in [-0.25, -0.2) is 4.79 Å². The standard InChI is InChI=1S/C25H31F3N6O6/c1-24(17-33-14-21(34(36)37)29-22(33)40-24)16-30-8-6-19(7-9-30)31-10-12-32(13-11-31)23(35)38-15-18-2-4-20(5-3-18)39-25(26,27)28/h2-5,14,19H,6-13,15-17H2,1H3/t24-/m0/s1. The Balaban J connectivity index is 1.01. The lowest BCUT2D eigenvalue weighted by Gasteiger charge is -2.43. The average molecular weight is 569 g/mol. The molecule has 2 aromatic rings. The number of rotatable bonds is 7. The predicted molar refractivity (Wildman–Crippen MR) is 134 cm³/mol. The van der Waals surface area contributed by atoms with Gasteiger partial charge in [0.25, 0.3) is 0 Å². The van der Waals surface area contributed by atoms with Gasteiger partial charge >= 0.3 is 24.3 Å². The van der Waals surface area contributed by atoms with Crippen LogP contribution in [0.15, 0.2) is 30.5 Å². The Kier molecular flexibility index (Phi) is 7.77. The fraction of sp³-hybridized carbons (Fsp3) is 0.600. The molecule has 1 aromatic heterocycles. The lowest BCUT2D eigenvalue weighted by atomic mass is 9.99. The van der Waals surface area contributed by atoms with Crippen molar-refractivity contribution in [1.29, 1.82) is 0 Å². The van der Waals surface area contributed by atoms with Crippen LogP contribution >= 0.6 is 0 Å². The van der Waals surface area contributed by atoms with Crippen LogP contribution in [-0.4, -0.2) is 99.1 Å². The number of hydrogen-bond donors (Lipinski definition) is 0. The molecule has 218 valence electrons. The Morgan fingerprint density at radius 1 is 1.15 bits per heavy atom. The number of carbonyl (C=O) groups is 1. The summed E-state index contributed by atoms with van der Waals surface area (Å²) in [4.78, 5) is 33.3. The van der Waals surface area contributed by atoms with Crippen LogP contribution in [-0.2, 0) is 17.9 Å². The van der Waals surface area contributed by atoms with E-state index in [2.05, 4.69) is 19.5 Å². The van der Waals surface area contributed by atoms with E-state index in [1.165, 1.54) is 30.5 Å². The predicted octanol–water partition coefficient (Wildman–Crippen LogP) is 3.26. The molecule has 0 spiro atoms. The number of hydrogen-bond acceptors (Lipinski definition) is 9. The largest absolute Gasteiger partial charge is 0.573 e. The monoisotopic (exact) mass is 568 g/mol. The number of likely N-dealkylation sites (tertiary alicyclic amines) is 1. The molecule has 1 aromatic carbocycles. The first-order chi connectivity index (χ1) is 19.0. The second-order valence-electron chi connectivity index (χ2n) is 10.6. The molecule has 0 N–H and O–H groups in total. The molecular formula is C25H31F3N6O6. The number of ether oxygens (including phenoxy) is 3. The van der Waals surface area contributed by atoms with Crippen molar-refractivity contribution < 1.29 is 37.1 Å². The molecule has 3 aliphatic rings. The zero-order valence-corrected chi connectivity index (χ0v) is 22.0. The van der Waals surface area contributed by atoms with Crippen molar-refractivity contribution in [2.24, 2.45) is 0 Å². The molecule has 0 saturated carbocycles. The Hall–Kier alpha value is -3.59. The van der Waals surface area contributed by atoms with Crippen molar-refractivity contribution >= 4 is 11.9 Å². The highest BCUT2D eigenvalue weighted by Crippen LogP contribution is 2.32. The van der Waals surface area contributed by atoms with Gasteiger partial charge in [0.15, 0.2) is 0 Å². The molecule has 1 amide bonds. The number of alkyl halides is 3. The highest BCUT2D eigenvalue weighted by molar-refractivity contribution is 5.67. The van der Waals surface area contributed by atoms with Crippen LogP contribution in [0.3, 0.4) is 0 Å². The van der Waals surface area contributed by atoms with Gasteiger partial charge in [0.2, 0.25) is 0 Å². The molecule has 15 heteroatoms. The van der Waals surface area contributed by atoms with E-state index in [0.717, 1.165) is 39.0 Å². The van der Waals surface area contributed by atoms with Crippen molar-refractivity contribution in [3.8, 4) is 11.8 Å². The zero-order valence-electron chi connectivity index (χ0n) is 22.0. The fourth-order valence-electron chi connectivity index (χ4n) is 5.57. The van der Waals surface area contributed by atoms with E-state index < -0.39 is 23.0 Å². The van der Waals surface area contributed by atoms with Gasteiger partial charge in [-0.3, -0.25) is 14.4 Å². The fourth-order valence-corrected chi connectivity index (χ4v) is 5.57. The van der Waals surface area contributed by atoms with E-state index in [4.69, 9.17) is 9.47 Å². The molecule has 2 fully saturated rings. The summed E-state index contributed by atoms with van der Waals surface area (Å²) in [5.74, 6) is -0.536. The van der Waals surface area contributed by atoms with Crippen LogP contribution in [0, 0.1) is 10.1 Å². The van der Waals surface area contributed by atoms with Crippen LogP contribution in [0.2, 0.25) is 0 Å². The van der Waals surface area contributed by atoms with Crippen LogP contribution in [0.25, 0.3) is 0 Å². The van der Waals surface area contributed by atoms with Gasteiger partial charge in [-0.05, 0) is 55.5 Å². The van der Waals surface area contributed by atoms with Crippen LogP contribution in [0.5, 0.6) is 11.8 Å². The van der Waals surface area contributed by atoms with Crippen molar-refractivity contribution in [3.05, 3.63) is 46.1 Å². The maximum Gasteiger partial charge on any atom is 0.573 e. The third kappa shape index (κ3) is 6.75. The van der Waals surface area contributed by atoms with Gasteiger partial charge < -0.3 is 29.2 Å². The molecule has 1 atom stereocenters. The third-order valence-electron chi connectivity index (χ3n) is 7.48. The van der Waals surface area contributed by atoms with Gasteiger partial charge in [-0.15, -0.1) is 13.2 Å². The van der Waals surface area contributed by atoms with E-state index in [-0.39, 0.29) is 24.2 Å². The molecule has 5 rings (SSSR count). The molecule has 2 saturated heterocycles. The summed E-state index contributed by atoms with van der Waals surface area (Å²) in [6.45, 7) is 7.55. The quantitative estimate of drug-likeness (QED) is 0.367. The van der Waals surface area contributed by atoms with E-state index in [1.54, 1.807) is 9.47 Å². The number of nitrogens with zero attached hydrogens (tertiary/aromatic N) is 6. The van der Waals surface area contributed by atoms with Crippen molar-refractivity contribution in [3.63, 3.8) is 0 Å². The van der Waals surface area contributed by atoms with E-state index in [0.29, 0.717) is 37.8 Å². The maximum absolute atomic E-state index is 12.5. The number of benzene rings is 1. The Morgan fingerprint density at radius 2 is 1.82 bits per heavy atom. The van der Waals surface area contributed by atoms with Crippen LogP contribution in [0.1, 0.15) is 25.3 Å². The number of piperidine rings is 1. The number of imidazole rings is 1. The number of nitro groups is 1. The second kappa shape index (κ2) is 11.1. The van der Waals surface area contributed by atoms with Gasteiger partial charge in [0.05, 0.1) is 6.54 Å². The lowest BCUT2D eigenvalue weighted by molar-refractivity contribution is -0.389. The summed E-state index contributed by atoms with van der Waals surface area (Å²) in [6.07, 6.45) is -1.80. The minimum atomic E-state index is -4.75. The van der Waals surface area contributed by atoms with Gasteiger partial charge in [-0.2, -0.15) is 0 Å². The van der Waals surface area contributed by atoms with Crippen LogP contribution in [0.4, 0.5) is 23.8 Å². The topological polar surface area (TPSA) is 115 Å². The summed E-state index contributed by atoms with van der Waals surface area (Å²) >= 11 is 0. The van der Waals surface area contributed by atoms with Gasteiger partial charge in [-0.1, -0.05) is 12.1 Å². The van der Waals surface area contributed by atoms with Crippen LogP contribution < -0.4 is 9.47 Å². The molecule has 0 aliphatic carbocycles. The molecule has 40 heavy (non-hydrogen) atoms. The van der Waals surface area contributed by atoms with E-state index in [9.17, 15) is 28.1 Å². The zero-order chi connectivity index (χ0) is 28.5. The number of amides is 1. The number of piperazine rings is 1. The maximum atomic E-state index is 12.5. The normalized spacial score (nSPS) is 22.6. The summed E-state index contributed by atoms with van der Waals surface area (Å²) in [6, 6.07) is 5.93. The van der Waals surface area contributed by atoms with Gasteiger partial charge in [0, 0.05) is 43.7 Å². The minimum Gasteiger partial charge on any atom is -0.445 e. The Labute approximate surface area is 228 Å². The lowest BCUT2D eigenvalue weighted by Crippen LogP contribution is -2.55. The number of aromatic nitrogens is 2. The highest BCUT2D eigenvalue weighted by atomic mass is 19.4. The summed E-state index contributed by atoms with van der Waals surface area (Å²) in [5.41, 5.74) is 0.0751.